The zero-order valence-corrected chi connectivity index (χ0v) is 12.4. The van der Waals surface area contributed by atoms with Gasteiger partial charge in [0.25, 0.3) is 0 Å². The highest BCUT2D eigenvalue weighted by Crippen LogP contribution is 2.32. The molecule has 20 heavy (non-hydrogen) atoms. The standard InChI is InChI=1S/C16H13BrFNO/c1-19-16(12-4-2-3-5-13(12)17)15-9-10-8-11(18)6-7-14(10)20-15/h2-9,16,19H,1H3. The van der Waals surface area contributed by atoms with E-state index in [0.717, 1.165) is 21.2 Å². The third kappa shape index (κ3) is 2.37. The number of furan rings is 1. The maximum absolute atomic E-state index is 13.3. The fraction of sp³-hybridized carbons (Fsp3) is 0.125. The minimum atomic E-state index is -0.258. The van der Waals surface area contributed by atoms with Gasteiger partial charge in [0.2, 0.25) is 0 Å². The first kappa shape index (κ1) is 13.3. The Balaban J connectivity index is 2.10. The highest BCUT2D eigenvalue weighted by molar-refractivity contribution is 9.10. The van der Waals surface area contributed by atoms with Crippen LogP contribution in [-0.2, 0) is 0 Å². The van der Waals surface area contributed by atoms with Gasteiger partial charge in [-0.2, -0.15) is 0 Å². The first-order valence-corrected chi connectivity index (χ1v) is 7.09. The molecule has 2 nitrogen and oxygen atoms in total. The summed E-state index contributed by atoms with van der Waals surface area (Å²) in [4.78, 5) is 0. The van der Waals surface area contributed by atoms with Crippen molar-refractivity contribution in [2.75, 3.05) is 7.05 Å². The Morgan fingerprint density at radius 1 is 1.15 bits per heavy atom. The van der Waals surface area contributed by atoms with Crippen molar-refractivity contribution in [1.82, 2.24) is 5.32 Å². The van der Waals surface area contributed by atoms with E-state index in [1.807, 2.05) is 37.4 Å². The van der Waals surface area contributed by atoms with Crippen molar-refractivity contribution in [3.8, 4) is 0 Å². The van der Waals surface area contributed by atoms with Crippen LogP contribution in [-0.4, -0.2) is 7.05 Å². The number of rotatable bonds is 3. The van der Waals surface area contributed by atoms with Crippen LogP contribution >= 0.6 is 15.9 Å². The molecule has 1 atom stereocenters. The molecular weight excluding hydrogens is 321 g/mol. The predicted octanol–water partition coefficient (Wildman–Crippen LogP) is 4.64. The molecule has 0 aliphatic carbocycles. The fourth-order valence-corrected chi connectivity index (χ4v) is 2.85. The number of benzene rings is 2. The molecule has 0 saturated carbocycles. The van der Waals surface area contributed by atoms with Gasteiger partial charge in [0.1, 0.15) is 17.2 Å². The van der Waals surface area contributed by atoms with E-state index in [1.165, 1.54) is 12.1 Å². The number of halogens is 2. The highest BCUT2D eigenvalue weighted by Gasteiger charge is 2.19. The Morgan fingerprint density at radius 3 is 2.70 bits per heavy atom. The van der Waals surface area contributed by atoms with E-state index in [0.29, 0.717) is 5.58 Å². The predicted molar refractivity (Wildman–Crippen MR) is 81.2 cm³/mol. The van der Waals surface area contributed by atoms with Crippen LogP contribution in [0.1, 0.15) is 17.4 Å². The van der Waals surface area contributed by atoms with Crippen molar-refractivity contribution in [2.24, 2.45) is 0 Å². The van der Waals surface area contributed by atoms with Gasteiger partial charge < -0.3 is 9.73 Å². The number of hydrogen-bond acceptors (Lipinski definition) is 2. The van der Waals surface area contributed by atoms with E-state index in [-0.39, 0.29) is 11.9 Å². The Hall–Kier alpha value is -1.65. The summed E-state index contributed by atoms with van der Waals surface area (Å²) in [6.45, 7) is 0. The SMILES string of the molecule is CNC(c1cc2cc(F)ccc2o1)c1ccccc1Br. The van der Waals surface area contributed by atoms with Gasteiger partial charge >= 0.3 is 0 Å². The summed E-state index contributed by atoms with van der Waals surface area (Å²) in [6.07, 6.45) is 0. The van der Waals surface area contributed by atoms with Crippen LogP contribution in [0.5, 0.6) is 0 Å². The van der Waals surface area contributed by atoms with E-state index in [2.05, 4.69) is 21.2 Å². The summed E-state index contributed by atoms with van der Waals surface area (Å²) >= 11 is 3.55. The number of hydrogen-bond donors (Lipinski definition) is 1. The molecule has 0 aliphatic heterocycles. The topological polar surface area (TPSA) is 25.2 Å². The van der Waals surface area contributed by atoms with Crippen molar-refractivity contribution in [2.45, 2.75) is 6.04 Å². The zero-order valence-electron chi connectivity index (χ0n) is 10.9. The minimum Gasteiger partial charge on any atom is -0.459 e. The first-order chi connectivity index (χ1) is 9.69. The molecule has 102 valence electrons. The molecule has 0 fully saturated rings. The summed E-state index contributed by atoms with van der Waals surface area (Å²) in [5.74, 6) is 0.506. The van der Waals surface area contributed by atoms with Crippen molar-refractivity contribution < 1.29 is 8.81 Å². The third-order valence-corrected chi connectivity index (χ3v) is 4.01. The van der Waals surface area contributed by atoms with E-state index in [9.17, 15) is 4.39 Å². The molecule has 1 heterocycles. The van der Waals surface area contributed by atoms with Crippen molar-refractivity contribution in [3.05, 3.63) is 70.1 Å². The number of fused-ring (bicyclic) bond motifs is 1. The maximum atomic E-state index is 13.3. The van der Waals surface area contributed by atoms with Crippen LogP contribution in [0.2, 0.25) is 0 Å². The van der Waals surface area contributed by atoms with Gasteiger partial charge in [0, 0.05) is 9.86 Å². The largest absolute Gasteiger partial charge is 0.459 e. The second kappa shape index (κ2) is 5.38. The first-order valence-electron chi connectivity index (χ1n) is 6.29. The molecule has 0 amide bonds. The average Bonchev–Trinajstić information content (AvgIpc) is 2.84. The van der Waals surface area contributed by atoms with Crippen LogP contribution in [0.15, 0.2) is 57.4 Å². The van der Waals surface area contributed by atoms with Gasteiger partial charge in [0.15, 0.2) is 0 Å². The van der Waals surface area contributed by atoms with E-state index in [1.54, 1.807) is 6.07 Å². The zero-order chi connectivity index (χ0) is 14.1. The van der Waals surface area contributed by atoms with Crippen LogP contribution < -0.4 is 5.32 Å². The summed E-state index contributed by atoms with van der Waals surface area (Å²) in [5, 5.41) is 4.00. The maximum Gasteiger partial charge on any atom is 0.134 e. The minimum absolute atomic E-state index is 0.0824. The summed E-state index contributed by atoms with van der Waals surface area (Å²) in [5.41, 5.74) is 1.77. The van der Waals surface area contributed by atoms with Crippen LogP contribution in [0.3, 0.4) is 0 Å². The second-order valence-corrected chi connectivity index (χ2v) is 5.43. The lowest BCUT2D eigenvalue weighted by Gasteiger charge is -2.15. The molecule has 1 aromatic heterocycles. The molecule has 3 aromatic rings. The Morgan fingerprint density at radius 2 is 1.95 bits per heavy atom. The molecule has 0 aliphatic rings. The van der Waals surface area contributed by atoms with Gasteiger partial charge in [-0.3, -0.25) is 0 Å². The van der Waals surface area contributed by atoms with Gasteiger partial charge in [-0.25, -0.2) is 4.39 Å². The lowest BCUT2D eigenvalue weighted by Crippen LogP contribution is -2.17. The molecule has 1 unspecified atom stereocenters. The van der Waals surface area contributed by atoms with E-state index < -0.39 is 0 Å². The summed E-state index contributed by atoms with van der Waals surface area (Å²) in [6, 6.07) is 14.3. The molecule has 0 saturated heterocycles. The van der Waals surface area contributed by atoms with Gasteiger partial charge in [-0.1, -0.05) is 34.1 Å². The smallest absolute Gasteiger partial charge is 0.134 e. The Kier molecular flexibility index (Phi) is 3.59. The van der Waals surface area contributed by atoms with Crippen LogP contribution in [0.4, 0.5) is 4.39 Å². The molecule has 0 spiro atoms. The van der Waals surface area contributed by atoms with Crippen LogP contribution in [0.25, 0.3) is 11.0 Å². The fourth-order valence-electron chi connectivity index (χ4n) is 2.34. The van der Waals surface area contributed by atoms with Gasteiger partial charge in [-0.15, -0.1) is 0 Å². The molecule has 0 bridgehead atoms. The molecule has 2 aromatic carbocycles. The summed E-state index contributed by atoms with van der Waals surface area (Å²) in [7, 11) is 1.87. The van der Waals surface area contributed by atoms with Crippen LogP contribution in [0, 0.1) is 5.82 Å². The van der Waals surface area contributed by atoms with Gasteiger partial charge in [0.05, 0.1) is 6.04 Å². The van der Waals surface area contributed by atoms with Crippen molar-refractivity contribution >= 4 is 26.9 Å². The third-order valence-electron chi connectivity index (χ3n) is 3.29. The average molecular weight is 334 g/mol. The Bertz CT molecular complexity index is 753. The summed E-state index contributed by atoms with van der Waals surface area (Å²) < 4.78 is 20.1. The lowest BCUT2D eigenvalue weighted by molar-refractivity contribution is 0.490. The Labute approximate surface area is 124 Å². The quantitative estimate of drug-likeness (QED) is 0.755. The van der Waals surface area contributed by atoms with Crippen molar-refractivity contribution in [3.63, 3.8) is 0 Å². The molecule has 3 rings (SSSR count). The normalized spacial score (nSPS) is 12.8. The molecule has 1 N–H and O–H groups in total. The molecule has 4 heteroatoms. The molecular formula is C16H13BrFNO. The van der Waals surface area contributed by atoms with E-state index in [4.69, 9.17) is 4.42 Å². The monoisotopic (exact) mass is 333 g/mol. The van der Waals surface area contributed by atoms with Crippen molar-refractivity contribution in [1.29, 1.82) is 0 Å². The molecule has 0 radical (unpaired) electrons. The highest BCUT2D eigenvalue weighted by atomic mass is 79.9. The second-order valence-electron chi connectivity index (χ2n) is 4.57. The van der Waals surface area contributed by atoms with Gasteiger partial charge in [-0.05, 0) is 42.9 Å². The lowest BCUT2D eigenvalue weighted by atomic mass is 10.0. The van der Waals surface area contributed by atoms with E-state index >= 15 is 0 Å². The number of nitrogens with one attached hydrogen (secondary N) is 1.